The summed E-state index contributed by atoms with van der Waals surface area (Å²) in [4.78, 5) is 21.3. The number of para-hydroxylation sites is 1. The van der Waals surface area contributed by atoms with Crippen LogP contribution in [0.25, 0.3) is 0 Å². The molecule has 0 saturated carbocycles. The average molecular weight is 417 g/mol. The number of carbonyl (C=O) groups excluding carboxylic acids is 1. The zero-order chi connectivity index (χ0) is 22.2. The van der Waals surface area contributed by atoms with Gasteiger partial charge in [-0.25, -0.2) is 4.99 Å². The van der Waals surface area contributed by atoms with E-state index >= 15 is 0 Å². The molecule has 2 heterocycles. The van der Waals surface area contributed by atoms with Crippen molar-refractivity contribution in [2.45, 2.75) is 20.0 Å². The molecule has 0 aliphatic carbocycles. The maximum absolute atomic E-state index is 12.7. The van der Waals surface area contributed by atoms with Crippen molar-refractivity contribution in [1.29, 1.82) is 5.41 Å². The standard InChI is InChI=1S/C21H17N5O3.C2H6/c22-18(16-11-6-12-28-16)29-21(23)26-19-20(27)24-15-10-5-4-9-14(15)17(25-19)13-7-2-1-3-8-13;1-2/h1-12,19,22H,(H2,23,26)(H,24,27);1-2H3. The number of amidine groups is 1. The van der Waals surface area contributed by atoms with Crippen LogP contribution in [0.1, 0.15) is 30.7 Å². The van der Waals surface area contributed by atoms with Crippen LogP contribution in [0.5, 0.6) is 0 Å². The van der Waals surface area contributed by atoms with Crippen molar-refractivity contribution in [1.82, 2.24) is 0 Å². The lowest BCUT2D eigenvalue weighted by atomic mass is 10.0. The van der Waals surface area contributed by atoms with Crippen molar-refractivity contribution >= 4 is 29.2 Å². The summed E-state index contributed by atoms with van der Waals surface area (Å²) in [6.07, 6.45) is 0.231. The van der Waals surface area contributed by atoms with Crippen molar-refractivity contribution in [3.63, 3.8) is 0 Å². The van der Waals surface area contributed by atoms with E-state index in [9.17, 15) is 4.79 Å². The normalized spacial score (nSPS) is 15.4. The number of carbonyl (C=O) groups is 1. The van der Waals surface area contributed by atoms with Crippen molar-refractivity contribution in [2.24, 2.45) is 15.7 Å². The molecular formula is C23H23N5O3. The molecule has 1 aliphatic heterocycles. The number of fused-ring (bicyclic) bond motifs is 1. The molecule has 1 amide bonds. The number of aliphatic imine (C=N–C) groups is 2. The Balaban J connectivity index is 0.00000132. The summed E-state index contributed by atoms with van der Waals surface area (Å²) in [6, 6.07) is 19.7. The summed E-state index contributed by atoms with van der Waals surface area (Å²) in [5.41, 5.74) is 8.64. The minimum atomic E-state index is -1.18. The van der Waals surface area contributed by atoms with Crippen LogP contribution >= 0.6 is 0 Å². The van der Waals surface area contributed by atoms with Crippen LogP contribution in [0.15, 0.2) is 87.4 Å². The number of nitrogens with two attached hydrogens (primary N) is 1. The summed E-state index contributed by atoms with van der Waals surface area (Å²) in [5.74, 6) is -0.588. The van der Waals surface area contributed by atoms with Gasteiger partial charge in [0.05, 0.1) is 17.7 Å². The highest BCUT2D eigenvalue weighted by Gasteiger charge is 2.26. The number of hydrogen-bond donors (Lipinski definition) is 3. The predicted molar refractivity (Wildman–Crippen MR) is 121 cm³/mol. The van der Waals surface area contributed by atoms with Gasteiger partial charge in [-0.3, -0.25) is 10.2 Å². The van der Waals surface area contributed by atoms with Crippen LogP contribution in [0.2, 0.25) is 0 Å². The quantitative estimate of drug-likeness (QED) is 0.443. The molecular weight excluding hydrogens is 394 g/mol. The maximum Gasteiger partial charge on any atom is 0.291 e. The Morgan fingerprint density at radius 3 is 2.52 bits per heavy atom. The van der Waals surface area contributed by atoms with Crippen LogP contribution in [0.4, 0.5) is 5.69 Å². The van der Waals surface area contributed by atoms with Crippen LogP contribution in [-0.2, 0) is 9.53 Å². The van der Waals surface area contributed by atoms with Gasteiger partial charge in [0, 0.05) is 11.1 Å². The molecule has 8 heteroatoms. The topological polar surface area (TPSA) is 126 Å². The maximum atomic E-state index is 12.7. The zero-order valence-electron chi connectivity index (χ0n) is 17.2. The van der Waals surface area contributed by atoms with E-state index in [1.165, 1.54) is 6.26 Å². The number of benzodiazepines with no additional fused rings is 1. The number of anilines is 1. The summed E-state index contributed by atoms with van der Waals surface area (Å²) >= 11 is 0. The Kier molecular flexibility index (Phi) is 6.95. The first kappa shape index (κ1) is 21.5. The number of nitrogens with one attached hydrogen (secondary N) is 2. The van der Waals surface area contributed by atoms with Crippen LogP contribution < -0.4 is 11.1 Å². The van der Waals surface area contributed by atoms with Gasteiger partial charge in [-0.2, -0.15) is 4.99 Å². The average Bonchev–Trinajstić information content (AvgIpc) is 3.30. The Morgan fingerprint density at radius 2 is 1.81 bits per heavy atom. The van der Waals surface area contributed by atoms with Gasteiger partial charge in [0.15, 0.2) is 5.76 Å². The largest absolute Gasteiger partial charge is 0.459 e. The van der Waals surface area contributed by atoms with Gasteiger partial charge in [0.25, 0.3) is 17.8 Å². The molecule has 0 bridgehead atoms. The van der Waals surface area contributed by atoms with Crippen LogP contribution in [0, 0.1) is 5.41 Å². The number of amides is 1. The second-order valence-corrected chi connectivity index (χ2v) is 6.13. The molecule has 2 aromatic carbocycles. The van der Waals surface area contributed by atoms with E-state index in [1.807, 2.05) is 62.4 Å². The van der Waals surface area contributed by atoms with Crippen molar-refractivity contribution in [2.75, 3.05) is 5.32 Å². The molecule has 31 heavy (non-hydrogen) atoms. The molecule has 1 atom stereocenters. The van der Waals surface area contributed by atoms with E-state index in [-0.39, 0.29) is 17.7 Å². The highest BCUT2D eigenvalue weighted by Crippen LogP contribution is 2.24. The number of hydrogen-bond acceptors (Lipinski definition) is 6. The highest BCUT2D eigenvalue weighted by molar-refractivity contribution is 6.19. The minimum absolute atomic E-state index is 0.189. The SMILES string of the molecule is CC.N=C(O/C(N)=N/C1N=C(c2ccccc2)c2ccccc2NC1=O)c1ccco1. The van der Waals surface area contributed by atoms with Crippen LogP contribution in [0.3, 0.4) is 0 Å². The fraction of sp³-hybridized carbons (Fsp3) is 0.130. The van der Waals surface area contributed by atoms with Gasteiger partial charge in [-0.05, 0) is 18.2 Å². The first-order chi connectivity index (χ1) is 15.1. The highest BCUT2D eigenvalue weighted by atomic mass is 16.5. The van der Waals surface area contributed by atoms with Gasteiger partial charge in [-0.15, -0.1) is 0 Å². The third-order valence-electron chi connectivity index (χ3n) is 4.17. The fourth-order valence-corrected chi connectivity index (χ4v) is 2.87. The van der Waals surface area contributed by atoms with Gasteiger partial charge in [0.1, 0.15) is 0 Å². The molecule has 0 radical (unpaired) electrons. The first-order valence-electron chi connectivity index (χ1n) is 9.79. The molecule has 4 N–H and O–H groups in total. The summed E-state index contributed by atoms with van der Waals surface area (Å²) in [6.45, 7) is 4.00. The second-order valence-electron chi connectivity index (χ2n) is 6.13. The molecule has 1 aliphatic rings. The lowest BCUT2D eigenvalue weighted by Crippen LogP contribution is -2.29. The number of ether oxygens (including phenoxy) is 1. The Hall–Kier alpha value is -4.20. The van der Waals surface area contributed by atoms with E-state index in [0.717, 1.165) is 11.1 Å². The Bertz CT molecular complexity index is 1110. The summed E-state index contributed by atoms with van der Waals surface area (Å²) in [5, 5.41) is 10.7. The summed E-state index contributed by atoms with van der Waals surface area (Å²) in [7, 11) is 0. The second kappa shape index (κ2) is 10.0. The Morgan fingerprint density at radius 1 is 1.10 bits per heavy atom. The smallest absolute Gasteiger partial charge is 0.291 e. The monoisotopic (exact) mass is 417 g/mol. The number of rotatable bonds is 3. The molecule has 8 nitrogen and oxygen atoms in total. The third kappa shape index (κ3) is 5.05. The van der Waals surface area contributed by atoms with Gasteiger partial charge in [-0.1, -0.05) is 62.4 Å². The number of nitrogens with zero attached hydrogens (tertiary/aromatic N) is 2. The Labute approximate surface area is 180 Å². The summed E-state index contributed by atoms with van der Waals surface area (Å²) < 4.78 is 10.3. The molecule has 0 saturated heterocycles. The van der Waals surface area contributed by atoms with E-state index in [4.69, 9.17) is 20.3 Å². The molecule has 0 spiro atoms. The van der Waals surface area contributed by atoms with E-state index in [2.05, 4.69) is 15.3 Å². The molecule has 0 fully saturated rings. The van der Waals surface area contributed by atoms with Gasteiger partial charge in [0.2, 0.25) is 6.17 Å². The van der Waals surface area contributed by atoms with Gasteiger partial charge >= 0.3 is 0 Å². The minimum Gasteiger partial charge on any atom is -0.459 e. The molecule has 1 unspecified atom stereocenters. The lowest BCUT2D eigenvalue weighted by Gasteiger charge is -2.09. The third-order valence-corrected chi connectivity index (χ3v) is 4.17. The van der Waals surface area contributed by atoms with E-state index in [0.29, 0.717) is 11.4 Å². The molecule has 1 aromatic heterocycles. The zero-order valence-corrected chi connectivity index (χ0v) is 17.2. The molecule has 3 aromatic rings. The first-order valence-corrected chi connectivity index (χ1v) is 9.79. The molecule has 158 valence electrons. The van der Waals surface area contributed by atoms with E-state index < -0.39 is 12.1 Å². The van der Waals surface area contributed by atoms with E-state index in [1.54, 1.807) is 18.2 Å². The van der Waals surface area contributed by atoms with Crippen molar-refractivity contribution in [3.05, 3.63) is 89.9 Å². The predicted octanol–water partition coefficient (Wildman–Crippen LogP) is 3.78. The van der Waals surface area contributed by atoms with Crippen molar-refractivity contribution in [3.8, 4) is 0 Å². The number of furan rings is 1. The van der Waals surface area contributed by atoms with Crippen molar-refractivity contribution < 1.29 is 13.9 Å². The lowest BCUT2D eigenvalue weighted by molar-refractivity contribution is -0.117. The van der Waals surface area contributed by atoms with Gasteiger partial charge < -0.3 is 20.2 Å². The van der Waals surface area contributed by atoms with Crippen LogP contribution in [-0.4, -0.2) is 29.7 Å². The fourth-order valence-electron chi connectivity index (χ4n) is 2.87. The number of benzene rings is 2. The molecule has 4 rings (SSSR count).